The Hall–Kier alpha value is -0.900. The third-order valence-electron chi connectivity index (χ3n) is 5.39. The Morgan fingerprint density at radius 2 is 1.69 bits per heavy atom. The van der Waals surface area contributed by atoms with E-state index in [9.17, 15) is 5.11 Å². The van der Waals surface area contributed by atoms with E-state index >= 15 is 0 Å². The van der Waals surface area contributed by atoms with E-state index in [-0.39, 0.29) is 24.0 Å². The van der Waals surface area contributed by atoms with Gasteiger partial charge in [-0.05, 0) is 45.3 Å². The second-order valence-electron chi connectivity index (χ2n) is 7.74. The quantitative estimate of drug-likeness (QED) is 0.193. The van der Waals surface area contributed by atoms with Crippen LogP contribution in [0.2, 0.25) is 0 Å². The lowest BCUT2D eigenvalue weighted by molar-refractivity contribution is 0.0672. The van der Waals surface area contributed by atoms with Crippen LogP contribution in [-0.4, -0.2) is 79.8 Å². The van der Waals surface area contributed by atoms with E-state index in [1.807, 2.05) is 37.3 Å². The zero-order valence-corrected chi connectivity index (χ0v) is 20.7. The van der Waals surface area contributed by atoms with Crippen LogP contribution < -0.4 is 10.6 Å². The predicted octanol–water partition coefficient (Wildman–Crippen LogP) is 2.48. The van der Waals surface area contributed by atoms with Gasteiger partial charge in [-0.3, -0.25) is 0 Å². The monoisotopic (exact) mass is 517 g/mol. The molecule has 1 atom stereocenters. The molecule has 1 heterocycles. The van der Waals surface area contributed by atoms with Gasteiger partial charge in [-0.1, -0.05) is 37.3 Å². The maximum atomic E-state index is 10.7. The molecule has 6 nitrogen and oxygen atoms in total. The number of halogens is 1. The Bertz CT molecular complexity index is 574. The van der Waals surface area contributed by atoms with Crippen molar-refractivity contribution in [3.63, 3.8) is 0 Å². The molecule has 0 saturated carbocycles. The summed E-state index contributed by atoms with van der Waals surface area (Å²) in [4.78, 5) is 9.68. The fourth-order valence-corrected chi connectivity index (χ4v) is 3.46. The summed E-state index contributed by atoms with van der Waals surface area (Å²) in [6, 6.07) is 9.72. The number of rotatable bonds is 10. The van der Waals surface area contributed by atoms with Gasteiger partial charge in [-0.25, -0.2) is 4.99 Å². The summed E-state index contributed by atoms with van der Waals surface area (Å²) in [6.07, 6.45) is 2.31. The van der Waals surface area contributed by atoms with Crippen molar-refractivity contribution < 1.29 is 5.11 Å². The number of aliphatic imine (C=N–C) groups is 1. The van der Waals surface area contributed by atoms with Gasteiger partial charge < -0.3 is 25.5 Å². The molecule has 1 aromatic rings. The summed E-state index contributed by atoms with van der Waals surface area (Å²) in [6.45, 7) is 15.3. The Morgan fingerprint density at radius 1 is 1.03 bits per heavy atom. The fraction of sp³-hybridized carbons (Fsp3) is 0.682. The molecule has 1 aliphatic heterocycles. The molecule has 3 N–H and O–H groups in total. The highest BCUT2D eigenvalue weighted by Crippen LogP contribution is 2.20. The minimum Gasteiger partial charge on any atom is -0.384 e. The van der Waals surface area contributed by atoms with Crippen LogP contribution in [-0.2, 0) is 5.60 Å². The van der Waals surface area contributed by atoms with Crippen LogP contribution in [0.3, 0.4) is 0 Å². The molecule has 166 valence electrons. The van der Waals surface area contributed by atoms with E-state index < -0.39 is 5.60 Å². The van der Waals surface area contributed by atoms with Gasteiger partial charge >= 0.3 is 0 Å². The number of aliphatic hydroxyl groups is 1. The number of hydrogen-bond acceptors (Lipinski definition) is 4. The van der Waals surface area contributed by atoms with E-state index in [0.717, 1.165) is 31.0 Å². The molecule has 1 aromatic carbocycles. The molecule has 29 heavy (non-hydrogen) atoms. The number of hydrogen-bond donors (Lipinski definition) is 3. The first kappa shape index (κ1) is 26.1. The minimum absolute atomic E-state index is 0. The second kappa shape index (κ2) is 14.2. The minimum atomic E-state index is -0.968. The van der Waals surface area contributed by atoms with Crippen LogP contribution in [0.1, 0.15) is 39.2 Å². The van der Waals surface area contributed by atoms with E-state index in [4.69, 9.17) is 0 Å². The molecule has 0 bridgehead atoms. The van der Waals surface area contributed by atoms with Gasteiger partial charge in [0.2, 0.25) is 0 Å². The van der Waals surface area contributed by atoms with Crippen molar-refractivity contribution in [1.29, 1.82) is 0 Å². The van der Waals surface area contributed by atoms with Crippen molar-refractivity contribution in [2.45, 2.75) is 39.2 Å². The topological polar surface area (TPSA) is 63.1 Å². The molecule has 0 radical (unpaired) electrons. The number of benzene rings is 1. The number of unbranched alkanes of at least 4 members (excludes halogenated alkanes) is 1. The first-order valence-electron chi connectivity index (χ1n) is 10.8. The van der Waals surface area contributed by atoms with Gasteiger partial charge in [0.25, 0.3) is 0 Å². The van der Waals surface area contributed by atoms with Crippen LogP contribution >= 0.6 is 24.0 Å². The number of guanidine groups is 1. The summed E-state index contributed by atoms with van der Waals surface area (Å²) in [7, 11) is 0. The predicted molar refractivity (Wildman–Crippen MR) is 133 cm³/mol. The van der Waals surface area contributed by atoms with Crippen molar-refractivity contribution in [2.75, 3.05) is 58.9 Å². The maximum Gasteiger partial charge on any atom is 0.191 e. The molecule has 0 amide bonds. The zero-order chi connectivity index (χ0) is 20.2. The highest BCUT2D eigenvalue weighted by Gasteiger charge is 2.22. The SMILES string of the molecule is CCNC(=NCC(C)(O)c1ccccc1)NCCCCN1CCN(CC)CC1.I. The first-order valence-corrected chi connectivity index (χ1v) is 10.8. The van der Waals surface area contributed by atoms with Gasteiger partial charge in [-0.15, -0.1) is 24.0 Å². The average Bonchev–Trinajstić information content (AvgIpc) is 2.73. The van der Waals surface area contributed by atoms with Crippen LogP contribution in [0, 0.1) is 0 Å². The third kappa shape index (κ3) is 9.63. The molecule has 1 unspecified atom stereocenters. The van der Waals surface area contributed by atoms with Gasteiger partial charge in [0.1, 0.15) is 5.60 Å². The van der Waals surface area contributed by atoms with Crippen molar-refractivity contribution in [2.24, 2.45) is 4.99 Å². The van der Waals surface area contributed by atoms with E-state index in [2.05, 4.69) is 39.3 Å². The third-order valence-corrected chi connectivity index (χ3v) is 5.39. The number of piperazine rings is 1. The molecule has 1 saturated heterocycles. The van der Waals surface area contributed by atoms with Crippen molar-refractivity contribution in [1.82, 2.24) is 20.4 Å². The molecule has 0 aliphatic carbocycles. The lowest BCUT2D eigenvalue weighted by Gasteiger charge is -2.34. The van der Waals surface area contributed by atoms with Gasteiger partial charge in [-0.2, -0.15) is 0 Å². The van der Waals surface area contributed by atoms with E-state index in [1.165, 1.54) is 45.7 Å². The lowest BCUT2D eigenvalue weighted by Crippen LogP contribution is -2.46. The summed E-state index contributed by atoms with van der Waals surface area (Å²) >= 11 is 0. The standard InChI is InChI=1S/C22H39N5O.HI/c1-4-23-21(25-19-22(3,28)20-11-7-6-8-12-20)24-13-9-10-14-27-17-15-26(5-2)16-18-27;/h6-8,11-12,28H,4-5,9-10,13-19H2,1-3H3,(H2,23,24,25);1H. The number of nitrogens with zero attached hydrogens (tertiary/aromatic N) is 3. The molecular weight excluding hydrogens is 477 g/mol. The lowest BCUT2D eigenvalue weighted by atomic mass is 9.96. The largest absolute Gasteiger partial charge is 0.384 e. The number of likely N-dealkylation sites (N-methyl/N-ethyl adjacent to an activating group) is 1. The average molecular weight is 518 g/mol. The van der Waals surface area contributed by atoms with Crippen LogP contribution in [0.5, 0.6) is 0 Å². The zero-order valence-electron chi connectivity index (χ0n) is 18.4. The summed E-state index contributed by atoms with van der Waals surface area (Å²) in [5.41, 5.74) is -0.0812. The maximum absolute atomic E-state index is 10.7. The fourth-order valence-electron chi connectivity index (χ4n) is 3.46. The van der Waals surface area contributed by atoms with Gasteiger partial charge in [0.15, 0.2) is 5.96 Å². The van der Waals surface area contributed by atoms with Crippen LogP contribution in [0.15, 0.2) is 35.3 Å². The Kier molecular flexibility index (Phi) is 12.8. The first-order chi connectivity index (χ1) is 13.5. The Morgan fingerprint density at radius 3 is 2.31 bits per heavy atom. The van der Waals surface area contributed by atoms with Crippen molar-refractivity contribution in [3.05, 3.63) is 35.9 Å². The van der Waals surface area contributed by atoms with Crippen LogP contribution in [0.4, 0.5) is 0 Å². The molecule has 0 aromatic heterocycles. The highest BCUT2D eigenvalue weighted by atomic mass is 127. The summed E-state index contributed by atoms with van der Waals surface area (Å²) < 4.78 is 0. The molecule has 2 rings (SSSR count). The van der Waals surface area contributed by atoms with Crippen LogP contribution in [0.25, 0.3) is 0 Å². The Labute approximate surface area is 194 Å². The van der Waals surface area contributed by atoms with E-state index in [0.29, 0.717) is 6.54 Å². The van der Waals surface area contributed by atoms with Gasteiger partial charge in [0.05, 0.1) is 6.54 Å². The molecular formula is C22H40IN5O. The summed E-state index contributed by atoms with van der Waals surface area (Å²) in [5.74, 6) is 0.773. The number of nitrogens with one attached hydrogen (secondary N) is 2. The second-order valence-corrected chi connectivity index (χ2v) is 7.74. The van der Waals surface area contributed by atoms with Crippen molar-refractivity contribution in [3.8, 4) is 0 Å². The van der Waals surface area contributed by atoms with Crippen molar-refractivity contribution >= 4 is 29.9 Å². The molecule has 1 aliphatic rings. The van der Waals surface area contributed by atoms with Gasteiger partial charge in [0, 0.05) is 39.3 Å². The summed E-state index contributed by atoms with van der Waals surface area (Å²) in [5, 5.41) is 17.4. The Balaban J connectivity index is 0.00000420. The van der Waals surface area contributed by atoms with E-state index in [1.54, 1.807) is 0 Å². The normalized spacial score (nSPS) is 18.0. The highest BCUT2D eigenvalue weighted by molar-refractivity contribution is 14.0. The smallest absolute Gasteiger partial charge is 0.191 e. The molecule has 0 spiro atoms. The molecule has 1 fully saturated rings. The molecule has 7 heteroatoms.